The molecule has 104 valence electrons. The molecule has 2 nitrogen and oxygen atoms in total. The summed E-state index contributed by atoms with van der Waals surface area (Å²) in [6.07, 6.45) is 3.41. The molecule has 1 heterocycles. The van der Waals surface area contributed by atoms with Crippen LogP contribution in [0.2, 0.25) is 0 Å². The average Bonchev–Trinajstić information content (AvgIpc) is 2.69. The van der Waals surface area contributed by atoms with Crippen LogP contribution >= 0.6 is 0 Å². The van der Waals surface area contributed by atoms with Crippen LogP contribution < -0.4 is 5.32 Å². The maximum Gasteiger partial charge on any atom is 0.134 e. The molecule has 0 fully saturated rings. The third-order valence-corrected chi connectivity index (χ3v) is 3.70. The SMILES string of the molecule is CCCNCc1oc2cc(C)c(C)cc2c1CCC. The van der Waals surface area contributed by atoms with Gasteiger partial charge in [0.2, 0.25) is 0 Å². The predicted molar refractivity (Wildman–Crippen MR) is 81.7 cm³/mol. The van der Waals surface area contributed by atoms with Gasteiger partial charge in [-0.25, -0.2) is 0 Å². The molecule has 0 unspecified atom stereocenters. The smallest absolute Gasteiger partial charge is 0.134 e. The Morgan fingerprint density at radius 1 is 1.05 bits per heavy atom. The van der Waals surface area contributed by atoms with E-state index in [2.05, 4.69) is 45.1 Å². The Bertz CT molecular complexity index is 554. The molecule has 0 aliphatic heterocycles. The van der Waals surface area contributed by atoms with Gasteiger partial charge in [0.25, 0.3) is 0 Å². The highest BCUT2D eigenvalue weighted by molar-refractivity contribution is 5.84. The van der Waals surface area contributed by atoms with E-state index < -0.39 is 0 Å². The summed E-state index contributed by atoms with van der Waals surface area (Å²) in [6, 6.07) is 4.45. The summed E-state index contributed by atoms with van der Waals surface area (Å²) in [4.78, 5) is 0. The molecule has 0 aliphatic rings. The van der Waals surface area contributed by atoms with E-state index in [1.54, 1.807) is 0 Å². The van der Waals surface area contributed by atoms with Crippen molar-refractivity contribution in [3.63, 3.8) is 0 Å². The summed E-state index contributed by atoms with van der Waals surface area (Å²) in [6.45, 7) is 10.6. The average molecular weight is 259 g/mol. The Kier molecular flexibility index (Phi) is 4.65. The van der Waals surface area contributed by atoms with Crippen LogP contribution in [0.3, 0.4) is 0 Å². The van der Waals surface area contributed by atoms with E-state index >= 15 is 0 Å². The van der Waals surface area contributed by atoms with E-state index in [-0.39, 0.29) is 0 Å². The molecule has 1 aromatic carbocycles. The van der Waals surface area contributed by atoms with Gasteiger partial charge in [-0.15, -0.1) is 0 Å². The Hall–Kier alpha value is -1.28. The van der Waals surface area contributed by atoms with Crippen molar-refractivity contribution in [1.29, 1.82) is 0 Å². The summed E-state index contributed by atoms with van der Waals surface area (Å²) in [5, 5.41) is 4.75. The fourth-order valence-electron chi connectivity index (χ4n) is 2.50. The molecule has 0 bridgehead atoms. The van der Waals surface area contributed by atoms with Gasteiger partial charge in [-0.3, -0.25) is 0 Å². The van der Waals surface area contributed by atoms with Crippen LogP contribution in [0.4, 0.5) is 0 Å². The second-order valence-electron chi connectivity index (χ2n) is 5.36. The normalized spacial score (nSPS) is 11.4. The molecule has 0 saturated heterocycles. The number of hydrogen-bond donors (Lipinski definition) is 1. The molecular weight excluding hydrogens is 234 g/mol. The van der Waals surface area contributed by atoms with Gasteiger partial charge in [0.1, 0.15) is 11.3 Å². The van der Waals surface area contributed by atoms with E-state index in [0.717, 1.165) is 43.7 Å². The molecular formula is C17H25NO. The van der Waals surface area contributed by atoms with E-state index in [1.807, 2.05) is 0 Å². The molecule has 0 aliphatic carbocycles. The van der Waals surface area contributed by atoms with Gasteiger partial charge in [-0.2, -0.15) is 0 Å². The molecule has 1 N–H and O–H groups in total. The van der Waals surface area contributed by atoms with Crippen LogP contribution in [-0.4, -0.2) is 6.54 Å². The molecule has 0 amide bonds. The van der Waals surface area contributed by atoms with Crippen LogP contribution in [-0.2, 0) is 13.0 Å². The first-order valence-corrected chi connectivity index (χ1v) is 7.39. The van der Waals surface area contributed by atoms with Gasteiger partial charge in [0.05, 0.1) is 6.54 Å². The second-order valence-corrected chi connectivity index (χ2v) is 5.36. The predicted octanol–water partition coefficient (Wildman–Crippen LogP) is 4.50. The van der Waals surface area contributed by atoms with Gasteiger partial charge in [0, 0.05) is 10.9 Å². The maximum atomic E-state index is 6.07. The zero-order valence-corrected chi connectivity index (χ0v) is 12.6. The van der Waals surface area contributed by atoms with Gasteiger partial charge in [-0.1, -0.05) is 20.3 Å². The number of hydrogen-bond acceptors (Lipinski definition) is 2. The minimum absolute atomic E-state index is 0.843. The lowest BCUT2D eigenvalue weighted by Crippen LogP contribution is -2.14. The van der Waals surface area contributed by atoms with Gasteiger partial charge >= 0.3 is 0 Å². The van der Waals surface area contributed by atoms with Crippen molar-refractivity contribution in [3.8, 4) is 0 Å². The minimum atomic E-state index is 0.843. The Balaban J connectivity index is 2.41. The number of aryl methyl sites for hydroxylation is 3. The number of fused-ring (bicyclic) bond motifs is 1. The molecule has 2 rings (SSSR count). The van der Waals surface area contributed by atoms with Crippen molar-refractivity contribution in [2.75, 3.05) is 6.54 Å². The first kappa shape index (κ1) is 14.1. The molecule has 19 heavy (non-hydrogen) atoms. The molecule has 2 heteroatoms. The van der Waals surface area contributed by atoms with E-state index in [4.69, 9.17) is 4.42 Å². The highest BCUT2D eigenvalue weighted by Crippen LogP contribution is 2.29. The summed E-state index contributed by atoms with van der Waals surface area (Å²) in [5.74, 6) is 1.12. The van der Waals surface area contributed by atoms with Crippen LogP contribution in [0.5, 0.6) is 0 Å². The third-order valence-electron chi connectivity index (χ3n) is 3.70. The highest BCUT2D eigenvalue weighted by atomic mass is 16.3. The van der Waals surface area contributed by atoms with Crippen LogP contribution in [0, 0.1) is 13.8 Å². The molecule has 0 saturated carbocycles. The fraction of sp³-hybridized carbons (Fsp3) is 0.529. The number of benzene rings is 1. The van der Waals surface area contributed by atoms with E-state index in [9.17, 15) is 0 Å². The molecule has 1 aromatic heterocycles. The highest BCUT2D eigenvalue weighted by Gasteiger charge is 2.14. The standard InChI is InChI=1S/C17H25NO/c1-5-7-14-15-9-12(3)13(4)10-16(15)19-17(14)11-18-8-6-2/h9-10,18H,5-8,11H2,1-4H3. The molecule has 0 spiro atoms. The van der Waals surface area contributed by atoms with Gasteiger partial charge in [0.15, 0.2) is 0 Å². The monoisotopic (exact) mass is 259 g/mol. The van der Waals surface area contributed by atoms with E-state index in [1.165, 1.54) is 22.1 Å². The molecule has 2 aromatic rings. The van der Waals surface area contributed by atoms with Crippen molar-refractivity contribution < 1.29 is 4.42 Å². The number of rotatable bonds is 6. The maximum absolute atomic E-state index is 6.07. The molecule has 0 radical (unpaired) electrons. The van der Waals surface area contributed by atoms with Crippen LogP contribution in [0.25, 0.3) is 11.0 Å². The zero-order chi connectivity index (χ0) is 13.8. The van der Waals surface area contributed by atoms with Crippen LogP contribution in [0.15, 0.2) is 16.5 Å². The van der Waals surface area contributed by atoms with E-state index in [0.29, 0.717) is 0 Å². The van der Waals surface area contributed by atoms with Crippen molar-refractivity contribution in [1.82, 2.24) is 5.32 Å². The molecule has 0 atom stereocenters. The van der Waals surface area contributed by atoms with Crippen molar-refractivity contribution in [2.45, 2.75) is 53.5 Å². The first-order chi connectivity index (χ1) is 9.17. The van der Waals surface area contributed by atoms with Gasteiger partial charge < -0.3 is 9.73 Å². The van der Waals surface area contributed by atoms with Crippen LogP contribution in [0.1, 0.15) is 49.1 Å². The fourth-order valence-corrected chi connectivity index (χ4v) is 2.50. The Labute approximate surface area is 116 Å². The van der Waals surface area contributed by atoms with Crippen molar-refractivity contribution in [2.24, 2.45) is 0 Å². The quantitative estimate of drug-likeness (QED) is 0.773. The Morgan fingerprint density at radius 2 is 1.79 bits per heavy atom. The second kappa shape index (κ2) is 6.25. The summed E-state index contributed by atoms with van der Waals surface area (Å²) < 4.78 is 6.07. The number of furan rings is 1. The third kappa shape index (κ3) is 3.01. The summed E-state index contributed by atoms with van der Waals surface area (Å²) >= 11 is 0. The Morgan fingerprint density at radius 3 is 2.47 bits per heavy atom. The zero-order valence-electron chi connectivity index (χ0n) is 12.6. The summed E-state index contributed by atoms with van der Waals surface area (Å²) in [5.41, 5.74) is 5.08. The summed E-state index contributed by atoms with van der Waals surface area (Å²) in [7, 11) is 0. The topological polar surface area (TPSA) is 25.2 Å². The first-order valence-electron chi connectivity index (χ1n) is 7.39. The lowest BCUT2D eigenvalue weighted by atomic mass is 10.0. The lowest BCUT2D eigenvalue weighted by Gasteiger charge is -2.03. The largest absolute Gasteiger partial charge is 0.459 e. The van der Waals surface area contributed by atoms with Crippen molar-refractivity contribution in [3.05, 3.63) is 34.6 Å². The minimum Gasteiger partial charge on any atom is -0.459 e. The van der Waals surface area contributed by atoms with Crippen molar-refractivity contribution >= 4 is 11.0 Å². The van der Waals surface area contributed by atoms with Gasteiger partial charge in [-0.05, 0) is 56.5 Å². The lowest BCUT2D eigenvalue weighted by molar-refractivity contribution is 0.506. The number of nitrogens with one attached hydrogen (secondary N) is 1.